The molecule has 0 spiro atoms. The van der Waals surface area contributed by atoms with E-state index < -0.39 is 12.1 Å². The first kappa shape index (κ1) is 67.1. The molecule has 0 aliphatic heterocycles. The molecule has 406 valence electrons. The number of ether oxygens (including phenoxy) is 1. The Bertz CT molecular complexity index is 1120. The summed E-state index contributed by atoms with van der Waals surface area (Å²) in [7, 11) is 0. The summed E-state index contributed by atoms with van der Waals surface area (Å²) in [5, 5.41) is 23.1. The molecule has 0 aromatic carbocycles. The molecular formula is C63H119NO5. The van der Waals surface area contributed by atoms with E-state index >= 15 is 0 Å². The summed E-state index contributed by atoms with van der Waals surface area (Å²) in [5.41, 5.74) is 0. The summed E-state index contributed by atoms with van der Waals surface area (Å²) < 4.78 is 5.47. The van der Waals surface area contributed by atoms with Crippen molar-refractivity contribution in [2.75, 3.05) is 13.2 Å². The standard InChI is InChI=1S/C63H119NO5/c1-3-5-7-9-11-13-15-17-19-24-29-33-37-41-45-49-53-57-63(68)69-58-54-50-46-42-38-34-30-26-23-21-22-25-28-32-36-40-44-48-52-56-62(67)64-60(59-65)61(66)55-51-47-43-39-35-31-27-20-18-16-14-12-10-8-6-4-2/h26,30,34,38,51,55,60-61,65-66H,3-25,27-29,31-33,35-37,39-50,52-54,56-59H2,1-2H3,(H,64,67)/b30-26-,38-34-,55-51+. The van der Waals surface area contributed by atoms with Crippen LogP contribution in [-0.2, 0) is 14.3 Å². The van der Waals surface area contributed by atoms with Gasteiger partial charge < -0.3 is 20.3 Å². The first-order valence-electron chi connectivity index (χ1n) is 30.8. The number of carbonyl (C=O) groups excluding carboxylic acids is 2. The van der Waals surface area contributed by atoms with Crippen molar-refractivity contribution in [1.82, 2.24) is 5.32 Å². The highest BCUT2D eigenvalue weighted by molar-refractivity contribution is 5.76. The van der Waals surface area contributed by atoms with Crippen LogP contribution in [-0.4, -0.2) is 47.4 Å². The fraction of sp³-hybridized carbons (Fsp3) is 0.873. The molecule has 6 nitrogen and oxygen atoms in total. The van der Waals surface area contributed by atoms with E-state index in [0.29, 0.717) is 19.4 Å². The summed E-state index contributed by atoms with van der Waals surface area (Å²) in [6.45, 7) is 4.88. The lowest BCUT2D eigenvalue weighted by Crippen LogP contribution is -2.45. The van der Waals surface area contributed by atoms with Crippen LogP contribution in [0.2, 0.25) is 0 Å². The second kappa shape index (κ2) is 58.6. The Labute approximate surface area is 430 Å². The maximum Gasteiger partial charge on any atom is 0.305 e. The molecular weight excluding hydrogens is 851 g/mol. The number of aliphatic hydroxyl groups excluding tert-OH is 2. The summed E-state index contributed by atoms with van der Waals surface area (Å²) in [6.07, 6.45) is 73.2. The Balaban J connectivity index is 3.48. The SMILES string of the molecule is CCCCCCCCCCCCCCCC/C=C/C(O)C(CO)NC(=O)CCCCCCCCCCCC/C=C\C=C/CCCCCOC(=O)CCCCCCCCCCCCCCCCCCC. The van der Waals surface area contributed by atoms with Crippen LogP contribution >= 0.6 is 0 Å². The fourth-order valence-electron chi connectivity index (χ4n) is 9.45. The van der Waals surface area contributed by atoms with Crippen LogP contribution in [0.25, 0.3) is 0 Å². The normalized spacial score (nSPS) is 12.8. The lowest BCUT2D eigenvalue weighted by molar-refractivity contribution is -0.143. The van der Waals surface area contributed by atoms with Gasteiger partial charge in [0, 0.05) is 12.8 Å². The minimum absolute atomic E-state index is 0.0101. The van der Waals surface area contributed by atoms with Crippen LogP contribution < -0.4 is 5.32 Å². The van der Waals surface area contributed by atoms with Gasteiger partial charge in [0.1, 0.15) is 0 Å². The molecule has 0 aliphatic carbocycles. The van der Waals surface area contributed by atoms with Crippen LogP contribution in [0.4, 0.5) is 0 Å². The average Bonchev–Trinajstić information content (AvgIpc) is 3.35. The van der Waals surface area contributed by atoms with Crippen molar-refractivity contribution in [2.45, 2.75) is 341 Å². The van der Waals surface area contributed by atoms with E-state index in [0.717, 1.165) is 77.0 Å². The van der Waals surface area contributed by atoms with E-state index in [1.54, 1.807) is 6.08 Å². The number of carbonyl (C=O) groups is 2. The van der Waals surface area contributed by atoms with E-state index in [1.807, 2.05) is 6.08 Å². The van der Waals surface area contributed by atoms with Crippen molar-refractivity contribution in [3.63, 3.8) is 0 Å². The molecule has 0 bridgehead atoms. The highest BCUT2D eigenvalue weighted by atomic mass is 16.5. The van der Waals surface area contributed by atoms with Crippen molar-refractivity contribution >= 4 is 11.9 Å². The maximum absolute atomic E-state index is 12.5. The molecule has 0 heterocycles. The maximum atomic E-state index is 12.5. The molecule has 0 saturated carbocycles. The first-order chi connectivity index (χ1) is 34.0. The zero-order chi connectivity index (χ0) is 50.0. The minimum atomic E-state index is -0.851. The minimum Gasteiger partial charge on any atom is -0.466 e. The topological polar surface area (TPSA) is 95.9 Å². The molecule has 0 aliphatic rings. The van der Waals surface area contributed by atoms with Gasteiger partial charge in [0.25, 0.3) is 0 Å². The molecule has 0 aromatic rings. The number of aliphatic hydroxyl groups is 2. The number of hydrogen-bond donors (Lipinski definition) is 3. The van der Waals surface area contributed by atoms with Gasteiger partial charge in [-0.05, 0) is 64.2 Å². The van der Waals surface area contributed by atoms with Gasteiger partial charge in [-0.3, -0.25) is 9.59 Å². The number of unbranched alkanes of at least 4 members (excludes halogenated alkanes) is 43. The third-order valence-corrected chi connectivity index (χ3v) is 14.2. The molecule has 2 unspecified atom stereocenters. The third kappa shape index (κ3) is 55.2. The van der Waals surface area contributed by atoms with Gasteiger partial charge in [0.05, 0.1) is 25.4 Å². The predicted molar refractivity (Wildman–Crippen MR) is 301 cm³/mol. The van der Waals surface area contributed by atoms with Crippen LogP contribution in [0.15, 0.2) is 36.5 Å². The van der Waals surface area contributed by atoms with Crippen LogP contribution in [0.1, 0.15) is 328 Å². The number of rotatable bonds is 57. The van der Waals surface area contributed by atoms with E-state index in [4.69, 9.17) is 4.74 Å². The summed E-state index contributed by atoms with van der Waals surface area (Å²) in [6, 6.07) is -0.636. The first-order valence-corrected chi connectivity index (χ1v) is 30.8. The van der Waals surface area contributed by atoms with E-state index in [2.05, 4.69) is 43.5 Å². The van der Waals surface area contributed by atoms with Crippen LogP contribution in [0, 0.1) is 0 Å². The largest absolute Gasteiger partial charge is 0.466 e. The highest BCUT2D eigenvalue weighted by Gasteiger charge is 2.18. The zero-order valence-corrected chi connectivity index (χ0v) is 46.3. The van der Waals surface area contributed by atoms with Crippen molar-refractivity contribution in [3.05, 3.63) is 36.5 Å². The van der Waals surface area contributed by atoms with E-state index in [1.165, 1.54) is 225 Å². The number of nitrogens with one attached hydrogen (secondary N) is 1. The Morgan fingerprint density at radius 3 is 1.07 bits per heavy atom. The Kier molecular flexibility index (Phi) is 57.0. The van der Waals surface area contributed by atoms with Gasteiger partial charge in [-0.2, -0.15) is 0 Å². The lowest BCUT2D eigenvalue weighted by Gasteiger charge is -2.20. The molecule has 3 N–H and O–H groups in total. The van der Waals surface area contributed by atoms with Crippen molar-refractivity contribution in [3.8, 4) is 0 Å². The number of esters is 1. The smallest absolute Gasteiger partial charge is 0.305 e. The van der Waals surface area contributed by atoms with E-state index in [-0.39, 0.29) is 18.5 Å². The van der Waals surface area contributed by atoms with Crippen molar-refractivity contribution < 1.29 is 24.5 Å². The van der Waals surface area contributed by atoms with Crippen molar-refractivity contribution in [1.29, 1.82) is 0 Å². The van der Waals surface area contributed by atoms with Gasteiger partial charge in [-0.25, -0.2) is 0 Å². The van der Waals surface area contributed by atoms with Gasteiger partial charge >= 0.3 is 5.97 Å². The second-order valence-electron chi connectivity index (χ2n) is 21.1. The Morgan fingerprint density at radius 1 is 0.406 bits per heavy atom. The Hall–Kier alpha value is -1.92. The highest BCUT2D eigenvalue weighted by Crippen LogP contribution is 2.17. The third-order valence-electron chi connectivity index (χ3n) is 14.2. The zero-order valence-electron chi connectivity index (χ0n) is 46.3. The molecule has 69 heavy (non-hydrogen) atoms. The molecule has 0 fully saturated rings. The summed E-state index contributed by atoms with van der Waals surface area (Å²) in [4.78, 5) is 24.5. The van der Waals surface area contributed by atoms with Crippen LogP contribution in [0.3, 0.4) is 0 Å². The molecule has 0 saturated heterocycles. The molecule has 2 atom stereocenters. The quantitative estimate of drug-likeness (QED) is 0.0244. The molecule has 0 radical (unpaired) electrons. The average molecular weight is 971 g/mol. The van der Waals surface area contributed by atoms with Gasteiger partial charge in [-0.1, -0.05) is 288 Å². The van der Waals surface area contributed by atoms with E-state index in [9.17, 15) is 19.8 Å². The number of hydrogen-bond acceptors (Lipinski definition) is 5. The molecule has 1 amide bonds. The van der Waals surface area contributed by atoms with Gasteiger partial charge in [0.15, 0.2) is 0 Å². The molecule has 6 heteroatoms. The predicted octanol–water partition coefficient (Wildman–Crippen LogP) is 19.2. The number of allylic oxidation sites excluding steroid dienone is 5. The monoisotopic (exact) mass is 970 g/mol. The van der Waals surface area contributed by atoms with Gasteiger partial charge in [-0.15, -0.1) is 0 Å². The summed E-state index contributed by atoms with van der Waals surface area (Å²) >= 11 is 0. The van der Waals surface area contributed by atoms with Gasteiger partial charge in [0.2, 0.25) is 5.91 Å². The molecule has 0 rings (SSSR count). The molecule has 0 aromatic heterocycles. The van der Waals surface area contributed by atoms with Crippen molar-refractivity contribution in [2.24, 2.45) is 0 Å². The number of amides is 1. The summed E-state index contributed by atoms with van der Waals surface area (Å²) in [5.74, 6) is -0.0866. The lowest BCUT2D eigenvalue weighted by atomic mass is 10.0. The Morgan fingerprint density at radius 2 is 0.710 bits per heavy atom. The van der Waals surface area contributed by atoms with Crippen LogP contribution in [0.5, 0.6) is 0 Å². The fourth-order valence-corrected chi connectivity index (χ4v) is 9.45. The second-order valence-corrected chi connectivity index (χ2v) is 21.1.